The van der Waals surface area contributed by atoms with Gasteiger partial charge in [0.15, 0.2) is 5.75 Å². The number of hydrogen-bond donors (Lipinski definition) is 1. The van der Waals surface area contributed by atoms with Gasteiger partial charge in [-0.2, -0.15) is 0 Å². The molecule has 2 aromatic rings. The third-order valence-electron chi connectivity index (χ3n) is 4.19. The molecule has 0 spiro atoms. The fourth-order valence-electron chi connectivity index (χ4n) is 2.98. The molecule has 0 aliphatic carbocycles. The molecule has 22 heavy (non-hydrogen) atoms. The van der Waals surface area contributed by atoms with Gasteiger partial charge in [-0.05, 0) is 38.1 Å². The van der Waals surface area contributed by atoms with Crippen LogP contribution in [0.4, 0.5) is 0 Å². The molecule has 118 valence electrons. The van der Waals surface area contributed by atoms with Crippen LogP contribution in [-0.4, -0.2) is 27.7 Å². The largest absolute Gasteiger partial charge is 0.503 e. The molecule has 0 bridgehead atoms. The second kappa shape index (κ2) is 6.83. The van der Waals surface area contributed by atoms with Crippen LogP contribution in [0.15, 0.2) is 39.9 Å². The van der Waals surface area contributed by atoms with Crippen LogP contribution in [0.1, 0.15) is 37.1 Å². The molecular formula is C17H22N2O3. The highest BCUT2D eigenvalue weighted by molar-refractivity contribution is 5.21. The lowest BCUT2D eigenvalue weighted by molar-refractivity contribution is 0.268. The van der Waals surface area contributed by atoms with Gasteiger partial charge in [0.25, 0.3) is 0 Å². The maximum Gasteiger partial charge on any atom is 0.223 e. The number of aromatic hydroxyl groups is 1. The summed E-state index contributed by atoms with van der Waals surface area (Å²) in [6.07, 6.45) is 8.13. The van der Waals surface area contributed by atoms with Crippen LogP contribution in [0.2, 0.25) is 0 Å². The molecule has 0 saturated carbocycles. The van der Waals surface area contributed by atoms with Crippen molar-refractivity contribution in [3.05, 3.63) is 52.3 Å². The van der Waals surface area contributed by atoms with Gasteiger partial charge < -0.3 is 14.1 Å². The second-order valence-electron chi connectivity index (χ2n) is 5.91. The standard InChI is InChI=1S/C17H22N2O3/c20-16-10-14(11-18-7-3-1-2-4-8-18)19(13-17(16)21)12-15-6-5-9-22-15/h5-6,9-10,13,21H,1-4,7-8,11-12H2. The minimum Gasteiger partial charge on any atom is -0.503 e. The van der Waals surface area contributed by atoms with E-state index in [0.29, 0.717) is 6.54 Å². The summed E-state index contributed by atoms with van der Waals surface area (Å²) >= 11 is 0. The molecule has 0 amide bonds. The van der Waals surface area contributed by atoms with Gasteiger partial charge in [0.05, 0.1) is 19.0 Å². The number of rotatable bonds is 4. The molecule has 0 aromatic carbocycles. The van der Waals surface area contributed by atoms with Gasteiger partial charge in [-0.1, -0.05) is 12.8 Å². The van der Waals surface area contributed by atoms with E-state index in [-0.39, 0.29) is 11.2 Å². The molecule has 1 aliphatic heterocycles. The number of nitrogens with zero attached hydrogens (tertiary/aromatic N) is 2. The molecule has 5 heteroatoms. The number of hydrogen-bond acceptors (Lipinski definition) is 4. The number of likely N-dealkylation sites (tertiary alicyclic amines) is 1. The first kappa shape index (κ1) is 14.9. The predicted molar refractivity (Wildman–Crippen MR) is 83.9 cm³/mol. The van der Waals surface area contributed by atoms with Gasteiger partial charge in [-0.25, -0.2) is 0 Å². The summed E-state index contributed by atoms with van der Waals surface area (Å²) in [6.45, 7) is 3.38. The van der Waals surface area contributed by atoms with Crippen LogP contribution < -0.4 is 5.43 Å². The third kappa shape index (κ3) is 3.60. The molecular weight excluding hydrogens is 280 g/mol. The first-order valence-corrected chi connectivity index (χ1v) is 7.89. The van der Waals surface area contributed by atoms with E-state index in [0.717, 1.165) is 31.1 Å². The average molecular weight is 302 g/mol. The van der Waals surface area contributed by atoms with E-state index in [1.807, 2.05) is 16.7 Å². The van der Waals surface area contributed by atoms with E-state index in [1.165, 1.54) is 31.9 Å². The summed E-state index contributed by atoms with van der Waals surface area (Å²) in [7, 11) is 0. The first-order valence-electron chi connectivity index (χ1n) is 7.89. The zero-order valence-electron chi connectivity index (χ0n) is 12.7. The minimum atomic E-state index is -0.319. The van der Waals surface area contributed by atoms with Crippen LogP contribution in [0.5, 0.6) is 5.75 Å². The van der Waals surface area contributed by atoms with Gasteiger partial charge in [-0.15, -0.1) is 0 Å². The van der Waals surface area contributed by atoms with Gasteiger partial charge >= 0.3 is 0 Å². The van der Waals surface area contributed by atoms with Crippen LogP contribution >= 0.6 is 0 Å². The molecule has 2 aromatic heterocycles. The van der Waals surface area contributed by atoms with E-state index >= 15 is 0 Å². The zero-order chi connectivity index (χ0) is 15.4. The number of furan rings is 1. The van der Waals surface area contributed by atoms with Crippen molar-refractivity contribution >= 4 is 0 Å². The number of pyridine rings is 1. The topological polar surface area (TPSA) is 58.6 Å². The van der Waals surface area contributed by atoms with E-state index in [2.05, 4.69) is 4.90 Å². The van der Waals surface area contributed by atoms with E-state index in [4.69, 9.17) is 4.42 Å². The molecule has 3 heterocycles. The maximum absolute atomic E-state index is 11.8. The van der Waals surface area contributed by atoms with E-state index in [1.54, 1.807) is 12.3 Å². The molecule has 1 fully saturated rings. The Morgan fingerprint density at radius 3 is 2.59 bits per heavy atom. The Hall–Kier alpha value is -2.01. The highest BCUT2D eigenvalue weighted by atomic mass is 16.3. The Bertz CT molecular complexity index is 653. The monoisotopic (exact) mass is 302 g/mol. The van der Waals surface area contributed by atoms with Gasteiger partial charge in [0.2, 0.25) is 5.43 Å². The maximum atomic E-state index is 11.8. The molecule has 5 nitrogen and oxygen atoms in total. The lowest BCUT2D eigenvalue weighted by Crippen LogP contribution is -2.27. The van der Waals surface area contributed by atoms with Crippen LogP contribution in [0.3, 0.4) is 0 Å². The molecule has 0 atom stereocenters. The highest BCUT2D eigenvalue weighted by Gasteiger charge is 2.13. The zero-order valence-corrected chi connectivity index (χ0v) is 12.7. The average Bonchev–Trinajstić information content (AvgIpc) is 2.87. The summed E-state index contributed by atoms with van der Waals surface area (Å²) in [4.78, 5) is 14.2. The van der Waals surface area contributed by atoms with Crippen molar-refractivity contribution in [3.63, 3.8) is 0 Å². The SMILES string of the molecule is O=c1cc(CN2CCCCCC2)n(Cc2ccco2)cc1O. The Morgan fingerprint density at radius 2 is 1.91 bits per heavy atom. The predicted octanol–water partition coefficient (Wildman–Crippen LogP) is 2.57. The first-order chi connectivity index (χ1) is 10.7. The molecule has 1 saturated heterocycles. The smallest absolute Gasteiger partial charge is 0.223 e. The summed E-state index contributed by atoms with van der Waals surface area (Å²) in [5, 5.41) is 9.73. The molecule has 1 N–H and O–H groups in total. The summed E-state index contributed by atoms with van der Waals surface area (Å²) in [6, 6.07) is 5.28. The quantitative estimate of drug-likeness (QED) is 0.943. The third-order valence-corrected chi connectivity index (χ3v) is 4.19. The Labute approximate surface area is 129 Å². The van der Waals surface area contributed by atoms with Crippen molar-refractivity contribution in [3.8, 4) is 5.75 Å². The van der Waals surface area contributed by atoms with Crippen molar-refractivity contribution in [2.45, 2.75) is 38.8 Å². The Balaban J connectivity index is 1.84. The fourth-order valence-corrected chi connectivity index (χ4v) is 2.98. The highest BCUT2D eigenvalue weighted by Crippen LogP contribution is 2.15. The Kier molecular flexibility index (Phi) is 4.63. The lowest BCUT2D eigenvalue weighted by atomic mass is 10.2. The van der Waals surface area contributed by atoms with Crippen LogP contribution in [-0.2, 0) is 13.1 Å². The summed E-state index contributed by atoms with van der Waals surface area (Å²) in [5.41, 5.74) is 0.599. The molecule has 1 aliphatic rings. The van der Waals surface area contributed by atoms with Crippen LogP contribution in [0.25, 0.3) is 0 Å². The van der Waals surface area contributed by atoms with Crippen molar-refractivity contribution in [2.24, 2.45) is 0 Å². The lowest BCUT2D eigenvalue weighted by Gasteiger charge is -2.22. The summed E-state index contributed by atoms with van der Waals surface area (Å²) < 4.78 is 7.28. The minimum absolute atomic E-state index is 0.217. The molecule has 3 rings (SSSR count). The van der Waals surface area contributed by atoms with Gasteiger partial charge in [0, 0.05) is 18.3 Å². The summed E-state index contributed by atoms with van der Waals surface area (Å²) in [5.74, 6) is 0.589. The molecule has 0 radical (unpaired) electrons. The van der Waals surface area contributed by atoms with Crippen molar-refractivity contribution in [1.82, 2.24) is 9.47 Å². The number of aromatic nitrogens is 1. The van der Waals surface area contributed by atoms with E-state index < -0.39 is 0 Å². The van der Waals surface area contributed by atoms with Crippen molar-refractivity contribution in [2.75, 3.05) is 13.1 Å². The van der Waals surface area contributed by atoms with Gasteiger partial charge in [-0.3, -0.25) is 9.69 Å². The second-order valence-corrected chi connectivity index (χ2v) is 5.91. The van der Waals surface area contributed by atoms with Crippen LogP contribution in [0, 0.1) is 0 Å². The Morgan fingerprint density at radius 1 is 1.14 bits per heavy atom. The normalized spacial score (nSPS) is 16.5. The fraction of sp³-hybridized carbons (Fsp3) is 0.471. The molecule has 0 unspecified atom stereocenters. The van der Waals surface area contributed by atoms with Crippen molar-refractivity contribution < 1.29 is 9.52 Å². The van der Waals surface area contributed by atoms with Crippen molar-refractivity contribution in [1.29, 1.82) is 0 Å². The van der Waals surface area contributed by atoms with E-state index in [9.17, 15) is 9.90 Å². The van der Waals surface area contributed by atoms with Gasteiger partial charge in [0.1, 0.15) is 5.76 Å².